The lowest BCUT2D eigenvalue weighted by atomic mass is 10.3. The third-order valence-electron chi connectivity index (χ3n) is 3.44. The molecule has 5 nitrogen and oxygen atoms in total. The van der Waals surface area contributed by atoms with E-state index in [1.807, 2.05) is 11.8 Å². The van der Waals surface area contributed by atoms with Gasteiger partial charge in [0.2, 0.25) is 10.0 Å². The average molecular weight is 346 g/mol. The lowest BCUT2D eigenvalue weighted by Crippen LogP contribution is -2.38. The molecule has 0 bridgehead atoms. The van der Waals surface area contributed by atoms with Crippen LogP contribution < -0.4 is 10.5 Å². The van der Waals surface area contributed by atoms with Crippen molar-refractivity contribution in [2.45, 2.75) is 42.4 Å². The normalized spacial score (nSPS) is 22.3. The molecule has 1 aliphatic carbocycles. The maximum atomic E-state index is 12.4. The molecule has 0 aromatic carbocycles. The molecule has 1 aliphatic rings. The summed E-state index contributed by atoms with van der Waals surface area (Å²) in [6.45, 7) is 2.09. The van der Waals surface area contributed by atoms with Gasteiger partial charge in [-0.15, -0.1) is 0 Å². The number of nitrogens with one attached hydrogen (secondary N) is 1. The number of thiocarbonyl (C=S) groups is 1. The summed E-state index contributed by atoms with van der Waals surface area (Å²) in [6.07, 6.45) is 4.30. The van der Waals surface area contributed by atoms with E-state index in [4.69, 9.17) is 18.0 Å². The maximum absolute atomic E-state index is 12.4. The Labute approximate surface area is 135 Å². The molecule has 0 spiro atoms. The Bertz CT molecular complexity index is 602. The minimum atomic E-state index is -3.55. The monoisotopic (exact) mass is 345 g/mol. The Kier molecular flexibility index (Phi) is 5.59. The maximum Gasteiger partial charge on any atom is 0.242 e. The van der Waals surface area contributed by atoms with Crippen LogP contribution in [0, 0.1) is 0 Å². The van der Waals surface area contributed by atoms with Crippen LogP contribution in [0.15, 0.2) is 23.2 Å². The van der Waals surface area contributed by atoms with Gasteiger partial charge >= 0.3 is 0 Å². The Morgan fingerprint density at radius 1 is 1.52 bits per heavy atom. The van der Waals surface area contributed by atoms with Gasteiger partial charge in [-0.1, -0.05) is 25.6 Å². The first-order valence-corrected chi connectivity index (χ1v) is 9.78. The highest BCUT2D eigenvalue weighted by Gasteiger charge is 2.31. The van der Waals surface area contributed by atoms with Crippen LogP contribution in [0.25, 0.3) is 0 Å². The molecule has 2 atom stereocenters. The number of hydrogen-bond acceptors (Lipinski definition) is 5. The zero-order valence-electron chi connectivity index (χ0n) is 11.8. The van der Waals surface area contributed by atoms with Crippen LogP contribution in [0.5, 0.6) is 0 Å². The van der Waals surface area contributed by atoms with E-state index in [1.54, 1.807) is 0 Å². The highest BCUT2D eigenvalue weighted by atomic mass is 32.2. The van der Waals surface area contributed by atoms with Crippen LogP contribution >= 0.6 is 24.0 Å². The molecule has 2 rings (SSSR count). The highest BCUT2D eigenvalue weighted by molar-refractivity contribution is 8.00. The van der Waals surface area contributed by atoms with Crippen molar-refractivity contribution >= 4 is 39.0 Å². The predicted octanol–water partition coefficient (Wildman–Crippen LogP) is 1.67. The smallest absolute Gasteiger partial charge is 0.242 e. The van der Waals surface area contributed by atoms with Gasteiger partial charge in [0.15, 0.2) is 0 Å². The number of pyridine rings is 1. The van der Waals surface area contributed by atoms with Crippen molar-refractivity contribution in [1.82, 2.24) is 9.71 Å². The van der Waals surface area contributed by atoms with Gasteiger partial charge in [0.05, 0.1) is 5.69 Å². The van der Waals surface area contributed by atoms with Gasteiger partial charge in [-0.3, -0.25) is 4.98 Å². The molecular formula is C13H19N3O2S3. The van der Waals surface area contributed by atoms with Gasteiger partial charge in [-0.25, -0.2) is 13.1 Å². The van der Waals surface area contributed by atoms with E-state index in [-0.39, 0.29) is 15.9 Å². The SMILES string of the molecule is CCSC1CCCC1NS(=O)(=O)c1ccc(C(N)=S)nc1. The van der Waals surface area contributed by atoms with Crippen LogP contribution in [-0.4, -0.2) is 35.4 Å². The number of rotatable bonds is 6. The van der Waals surface area contributed by atoms with Gasteiger partial charge in [0.25, 0.3) is 0 Å². The molecule has 1 heterocycles. The van der Waals surface area contributed by atoms with Gasteiger partial charge in [0.1, 0.15) is 9.88 Å². The van der Waals surface area contributed by atoms with Crippen molar-refractivity contribution in [3.8, 4) is 0 Å². The standard InChI is InChI=1S/C13H19N3O2S3/c1-2-20-12-5-3-4-10(12)16-21(17,18)9-6-7-11(13(14)19)15-8-9/h6-8,10,12,16H,2-5H2,1H3,(H2,14,19). The van der Waals surface area contributed by atoms with Crippen molar-refractivity contribution in [3.05, 3.63) is 24.0 Å². The quantitative estimate of drug-likeness (QED) is 0.763. The summed E-state index contributed by atoms with van der Waals surface area (Å²) in [7, 11) is -3.55. The van der Waals surface area contributed by atoms with Crippen LogP contribution in [-0.2, 0) is 10.0 Å². The lowest BCUT2D eigenvalue weighted by molar-refractivity contribution is 0.554. The van der Waals surface area contributed by atoms with E-state index in [0.29, 0.717) is 10.9 Å². The number of sulfonamides is 1. The fourth-order valence-corrected chi connectivity index (χ4v) is 5.09. The van der Waals surface area contributed by atoms with Crippen molar-refractivity contribution in [1.29, 1.82) is 0 Å². The van der Waals surface area contributed by atoms with E-state index in [2.05, 4.69) is 16.6 Å². The molecule has 2 unspecified atom stereocenters. The van der Waals surface area contributed by atoms with E-state index >= 15 is 0 Å². The predicted molar refractivity (Wildman–Crippen MR) is 90.0 cm³/mol. The molecule has 0 saturated heterocycles. The summed E-state index contributed by atoms with van der Waals surface area (Å²) in [5.41, 5.74) is 5.88. The van der Waals surface area contributed by atoms with Crippen molar-refractivity contribution in [2.24, 2.45) is 5.73 Å². The molecule has 21 heavy (non-hydrogen) atoms. The van der Waals surface area contributed by atoms with E-state index in [9.17, 15) is 8.42 Å². The minimum Gasteiger partial charge on any atom is -0.388 e. The average Bonchev–Trinajstić information content (AvgIpc) is 2.86. The highest BCUT2D eigenvalue weighted by Crippen LogP contribution is 2.30. The summed E-state index contributed by atoms with van der Waals surface area (Å²) < 4.78 is 27.6. The van der Waals surface area contributed by atoms with Gasteiger partial charge < -0.3 is 5.73 Å². The number of aromatic nitrogens is 1. The topological polar surface area (TPSA) is 85.1 Å². The van der Waals surface area contributed by atoms with Crippen molar-refractivity contribution in [2.75, 3.05) is 5.75 Å². The van der Waals surface area contributed by atoms with Crippen LogP contribution in [0.4, 0.5) is 0 Å². The van der Waals surface area contributed by atoms with E-state index in [0.717, 1.165) is 25.0 Å². The van der Waals surface area contributed by atoms with E-state index in [1.165, 1.54) is 18.3 Å². The Morgan fingerprint density at radius 2 is 2.29 bits per heavy atom. The van der Waals surface area contributed by atoms with Crippen LogP contribution in [0.3, 0.4) is 0 Å². The largest absolute Gasteiger partial charge is 0.388 e. The molecular weight excluding hydrogens is 326 g/mol. The Hall–Kier alpha value is -0.700. The molecule has 1 aromatic heterocycles. The zero-order chi connectivity index (χ0) is 15.5. The van der Waals surface area contributed by atoms with Crippen LogP contribution in [0.2, 0.25) is 0 Å². The number of hydrogen-bond donors (Lipinski definition) is 2. The second-order valence-electron chi connectivity index (χ2n) is 4.90. The summed E-state index contributed by atoms with van der Waals surface area (Å²) in [6, 6.07) is 3.01. The first-order chi connectivity index (χ1) is 9.94. The fraction of sp³-hybridized carbons (Fsp3) is 0.538. The summed E-state index contributed by atoms with van der Waals surface area (Å²) in [5, 5.41) is 0.355. The minimum absolute atomic E-state index is 0.00443. The molecule has 3 N–H and O–H groups in total. The molecule has 0 radical (unpaired) electrons. The molecule has 0 aliphatic heterocycles. The molecule has 0 amide bonds. The second kappa shape index (κ2) is 7.04. The number of thioether (sulfide) groups is 1. The molecule has 1 fully saturated rings. The molecule has 8 heteroatoms. The Morgan fingerprint density at radius 3 is 2.86 bits per heavy atom. The van der Waals surface area contributed by atoms with Crippen molar-refractivity contribution in [3.63, 3.8) is 0 Å². The van der Waals surface area contributed by atoms with Gasteiger partial charge in [-0.05, 0) is 30.7 Å². The third-order valence-corrected chi connectivity index (χ3v) is 6.45. The Balaban J connectivity index is 2.12. The number of nitrogens with two attached hydrogens (primary N) is 1. The number of nitrogens with zero attached hydrogens (tertiary/aromatic N) is 1. The van der Waals surface area contributed by atoms with Gasteiger partial charge in [0, 0.05) is 17.5 Å². The molecule has 1 saturated carbocycles. The first-order valence-electron chi connectivity index (χ1n) is 6.84. The lowest BCUT2D eigenvalue weighted by Gasteiger charge is -2.20. The zero-order valence-corrected chi connectivity index (χ0v) is 14.2. The van der Waals surface area contributed by atoms with E-state index < -0.39 is 10.0 Å². The fourth-order valence-electron chi connectivity index (χ4n) is 2.43. The summed E-state index contributed by atoms with van der Waals surface area (Å²) in [5.74, 6) is 0.993. The summed E-state index contributed by atoms with van der Waals surface area (Å²) in [4.78, 5) is 4.29. The first kappa shape index (κ1) is 16.7. The molecule has 1 aromatic rings. The van der Waals surface area contributed by atoms with Gasteiger partial charge in [-0.2, -0.15) is 11.8 Å². The second-order valence-corrected chi connectivity index (χ2v) is 8.57. The summed E-state index contributed by atoms with van der Waals surface area (Å²) >= 11 is 6.62. The van der Waals surface area contributed by atoms with Crippen LogP contribution in [0.1, 0.15) is 31.9 Å². The van der Waals surface area contributed by atoms with Crippen molar-refractivity contribution < 1.29 is 8.42 Å². The third kappa shape index (κ3) is 4.15. The molecule has 116 valence electrons.